The molecule has 0 saturated carbocycles. The maximum absolute atomic E-state index is 12.2. The molecular formula is C18H23NO2S2. The third-order valence-electron chi connectivity index (χ3n) is 3.29. The van der Waals surface area contributed by atoms with Crippen molar-refractivity contribution in [2.75, 3.05) is 0 Å². The van der Waals surface area contributed by atoms with Crippen LogP contribution in [0.2, 0.25) is 0 Å². The van der Waals surface area contributed by atoms with Gasteiger partial charge >= 0.3 is 0 Å². The SMILES string of the molecule is CC(C)(C)[S+]([O-])NCc1ccccc1Sc1ccccc1CO. The predicted octanol–water partition coefficient (Wildman–Crippen LogP) is 3.88. The molecule has 0 saturated heterocycles. The number of aliphatic hydroxyl groups is 1. The molecule has 0 amide bonds. The minimum absolute atomic E-state index is 0.0254. The van der Waals surface area contributed by atoms with E-state index < -0.39 is 11.4 Å². The molecule has 124 valence electrons. The zero-order valence-corrected chi connectivity index (χ0v) is 15.3. The first kappa shape index (κ1) is 18.4. The van der Waals surface area contributed by atoms with Gasteiger partial charge in [0.15, 0.2) is 0 Å². The van der Waals surface area contributed by atoms with Gasteiger partial charge in [-0.2, -0.15) is 0 Å². The molecule has 2 aromatic rings. The molecule has 0 aliphatic rings. The van der Waals surface area contributed by atoms with Crippen molar-refractivity contribution in [3.63, 3.8) is 0 Å². The molecule has 23 heavy (non-hydrogen) atoms. The highest BCUT2D eigenvalue weighted by Gasteiger charge is 2.26. The molecule has 3 nitrogen and oxygen atoms in total. The van der Waals surface area contributed by atoms with Gasteiger partial charge in [-0.3, -0.25) is 0 Å². The van der Waals surface area contributed by atoms with Gasteiger partial charge in [-0.05, 0) is 44.0 Å². The molecular weight excluding hydrogens is 326 g/mol. The minimum atomic E-state index is -1.10. The molecule has 2 N–H and O–H groups in total. The fourth-order valence-electron chi connectivity index (χ4n) is 1.96. The lowest BCUT2D eigenvalue weighted by molar-refractivity contribution is 0.279. The fraction of sp³-hybridized carbons (Fsp3) is 0.333. The Morgan fingerprint density at radius 3 is 2.09 bits per heavy atom. The van der Waals surface area contributed by atoms with Crippen molar-refractivity contribution in [1.29, 1.82) is 0 Å². The summed E-state index contributed by atoms with van der Waals surface area (Å²) < 4.78 is 15.0. The van der Waals surface area contributed by atoms with Crippen LogP contribution in [0.25, 0.3) is 0 Å². The van der Waals surface area contributed by atoms with Crippen LogP contribution in [0.15, 0.2) is 58.3 Å². The van der Waals surface area contributed by atoms with Crippen LogP contribution in [0.4, 0.5) is 0 Å². The lowest BCUT2D eigenvalue weighted by Gasteiger charge is -2.24. The summed E-state index contributed by atoms with van der Waals surface area (Å²) in [6.45, 7) is 6.43. The summed E-state index contributed by atoms with van der Waals surface area (Å²) in [7, 11) is 0. The second-order valence-electron chi connectivity index (χ2n) is 6.18. The Morgan fingerprint density at radius 2 is 1.52 bits per heavy atom. The van der Waals surface area contributed by atoms with Crippen LogP contribution < -0.4 is 4.72 Å². The van der Waals surface area contributed by atoms with Crippen molar-refractivity contribution in [2.24, 2.45) is 0 Å². The molecule has 0 aliphatic heterocycles. The minimum Gasteiger partial charge on any atom is -0.598 e. The van der Waals surface area contributed by atoms with Crippen molar-refractivity contribution in [1.82, 2.24) is 4.72 Å². The Kier molecular flexibility index (Phi) is 6.56. The number of rotatable bonds is 6. The number of nitrogens with one attached hydrogen (secondary N) is 1. The Hall–Kier alpha value is -0.980. The van der Waals surface area contributed by atoms with Crippen molar-refractivity contribution in [3.05, 3.63) is 59.7 Å². The largest absolute Gasteiger partial charge is 0.598 e. The van der Waals surface area contributed by atoms with E-state index in [0.29, 0.717) is 6.54 Å². The van der Waals surface area contributed by atoms with Crippen LogP contribution in [0.1, 0.15) is 31.9 Å². The molecule has 0 spiro atoms. The van der Waals surface area contributed by atoms with Gasteiger partial charge in [-0.1, -0.05) is 48.2 Å². The monoisotopic (exact) mass is 349 g/mol. The first-order chi connectivity index (χ1) is 10.9. The van der Waals surface area contributed by atoms with Crippen molar-refractivity contribution in [2.45, 2.75) is 48.5 Å². The van der Waals surface area contributed by atoms with Crippen molar-refractivity contribution in [3.8, 4) is 0 Å². The summed E-state index contributed by atoms with van der Waals surface area (Å²) in [6.07, 6.45) is 0. The first-order valence-electron chi connectivity index (χ1n) is 7.51. The number of hydrogen-bond acceptors (Lipinski definition) is 4. The van der Waals surface area contributed by atoms with Crippen LogP contribution in [0, 0.1) is 0 Å². The highest BCUT2D eigenvalue weighted by molar-refractivity contribution is 7.99. The van der Waals surface area contributed by atoms with Crippen LogP contribution >= 0.6 is 11.8 Å². The molecule has 0 radical (unpaired) electrons. The van der Waals surface area contributed by atoms with Gasteiger partial charge in [0, 0.05) is 21.2 Å². The Bertz CT molecular complexity index is 641. The first-order valence-corrected chi connectivity index (χ1v) is 9.48. The second kappa shape index (κ2) is 8.22. The van der Waals surface area contributed by atoms with E-state index in [4.69, 9.17) is 0 Å². The molecule has 0 bridgehead atoms. The maximum atomic E-state index is 12.2. The van der Waals surface area contributed by atoms with Gasteiger partial charge in [-0.25, -0.2) is 0 Å². The van der Waals surface area contributed by atoms with E-state index in [1.54, 1.807) is 11.8 Å². The topological polar surface area (TPSA) is 55.3 Å². The summed E-state index contributed by atoms with van der Waals surface area (Å²) in [6, 6.07) is 15.9. The molecule has 2 aromatic carbocycles. The van der Waals surface area contributed by atoms with Gasteiger partial charge in [0.2, 0.25) is 0 Å². The van der Waals surface area contributed by atoms with E-state index >= 15 is 0 Å². The molecule has 0 aromatic heterocycles. The normalized spacial score (nSPS) is 13.1. The van der Waals surface area contributed by atoms with Gasteiger partial charge in [0.25, 0.3) is 0 Å². The van der Waals surface area contributed by atoms with Crippen molar-refractivity contribution < 1.29 is 9.66 Å². The van der Waals surface area contributed by atoms with E-state index in [0.717, 1.165) is 20.9 Å². The maximum Gasteiger partial charge on any atom is 0.136 e. The van der Waals surface area contributed by atoms with Crippen LogP contribution in [-0.2, 0) is 24.5 Å². The third-order valence-corrected chi connectivity index (χ3v) is 6.04. The number of aliphatic hydroxyl groups excluding tert-OH is 1. The Labute approximate surface area is 145 Å². The molecule has 0 heterocycles. The van der Waals surface area contributed by atoms with Gasteiger partial charge < -0.3 is 9.66 Å². The standard InChI is InChI=1S/C18H23NO2S2/c1-18(2,3)23(21)19-12-14-8-4-6-10-16(14)22-17-11-7-5-9-15(17)13-20/h4-11,19-20H,12-13H2,1-3H3. The van der Waals surface area contributed by atoms with Gasteiger partial charge in [-0.15, -0.1) is 4.72 Å². The second-order valence-corrected chi connectivity index (χ2v) is 9.31. The zero-order valence-electron chi connectivity index (χ0n) is 13.7. The quantitative estimate of drug-likeness (QED) is 0.777. The molecule has 1 unspecified atom stereocenters. The molecule has 5 heteroatoms. The smallest absolute Gasteiger partial charge is 0.136 e. The average molecular weight is 350 g/mol. The number of benzene rings is 2. The van der Waals surface area contributed by atoms with Crippen LogP contribution in [0.5, 0.6) is 0 Å². The lowest BCUT2D eigenvalue weighted by atomic mass is 10.2. The summed E-state index contributed by atoms with van der Waals surface area (Å²) in [5.41, 5.74) is 2.02. The van der Waals surface area contributed by atoms with Gasteiger partial charge in [0.05, 0.1) is 13.2 Å². The predicted molar refractivity (Wildman–Crippen MR) is 97.7 cm³/mol. The summed E-state index contributed by atoms with van der Waals surface area (Å²) in [5, 5.41) is 9.47. The fourth-order valence-corrected chi connectivity index (χ4v) is 3.75. The van der Waals surface area contributed by atoms with Crippen LogP contribution in [-0.4, -0.2) is 14.4 Å². The summed E-state index contributed by atoms with van der Waals surface area (Å²) in [4.78, 5) is 2.14. The Morgan fingerprint density at radius 1 is 1.00 bits per heavy atom. The molecule has 0 fully saturated rings. The number of hydrogen-bond donors (Lipinski definition) is 2. The van der Waals surface area contributed by atoms with Crippen molar-refractivity contribution >= 4 is 23.1 Å². The Balaban J connectivity index is 2.14. The molecule has 0 aliphatic carbocycles. The zero-order chi connectivity index (χ0) is 16.9. The molecule has 2 rings (SSSR count). The summed E-state index contributed by atoms with van der Waals surface area (Å²) in [5.74, 6) is 0. The van der Waals surface area contributed by atoms with E-state index in [-0.39, 0.29) is 11.4 Å². The van der Waals surface area contributed by atoms with E-state index in [1.807, 2.05) is 63.2 Å². The highest BCUT2D eigenvalue weighted by Crippen LogP contribution is 2.33. The summed E-state index contributed by atoms with van der Waals surface area (Å²) >= 11 is 0.528. The van der Waals surface area contributed by atoms with Gasteiger partial charge in [0.1, 0.15) is 4.75 Å². The van der Waals surface area contributed by atoms with E-state index in [2.05, 4.69) is 10.8 Å². The molecule has 1 atom stereocenters. The average Bonchev–Trinajstić information content (AvgIpc) is 2.53. The van der Waals surface area contributed by atoms with E-state index in [9.17, 15) is 9.66 Å². The highest BCUT2D eigenvalue weighted by atomic mass is 32.2. The third kappa shape index (κ3) is 5.26. The lowest BCUT2D eigenvalue weighted by Crippen LogP contribution is -2.39. The van der Waals surface area contributed by atoms with E-state index in [1.165, 1.54) is 0 Å². The van der Waals surface area contributed by atoms with Crippen LogP contribution in [0.3, 0.4) is 0 Å².